The molecule has 200 valence electrons. The van der Waals surface area contributed by atoms with Gasteiger partial charge >= 0.3 is 6.18 Å². The summed E-state index contributed by atoms with van der Waals surface area (Å²) in [7, 11) is 0. The molecule has 0 saturated carbocycles. The Bertz CT molecular complexity index is 1510. The molecule has 0 saturated heterocycles. The van der Waals surface area contributed by atoms with Crippen molar-refractivity contribution in [2.45, 2.75) is 25.6 Å². The van der Waals surface area contributed by atoms with Crippen molar-refractivity contribution in [1.29, 1.82) is 0 Å². The van der Waals surface area contributed by atoms with Crippen LogP contribution in [0.4, 0.5) is 18.9 Å². The lowest BCUT2D eigenvalue weighted by atomic mass is 10.0. The van der Waals surface area contributed by atoms with Crippen molar-refractivity contribution >= 4 is 50.4 Å². The van der Waals surface area contributed by atoms with Crippen molar-refractivity contribution in [1.82, 2.24) is 5.43 Å². The summed E-state index contributed by atoms with van der Waals surface area (Å²) < 4.78 is 45.6. The molecule has 0 aliphatic heterocycles. The molecule has 39 heavy (non-hydrogen) atoms. The van der Waals surface area contributed by atoms with E-state index in [0.29, 0.717) is 17.9 Å². The number of carbonyl (C=O) groups is 2. The number of halogens is 4. The molecule has 4 rings (SSSR count). The fraction of sp³-hybridized carbons (Fsp3) is 0.138. The van der Waals surface area contributed by atoms with E-state index >= 15 is 0 Å². The monoisotopic (exact) mass is 597 g/mol. The van der Waals surface area contributed by atoms with E-state index in [4.69, 9.17) is 4.74 Å². The molecule has 2 amide bonds. The lowest BCUT2D eigenvalue weighted by Gasteiger charge is -2.12. The Balaban J connectivity index is 1.37. The lowest BCUT2D eigenvalue weighted by molar-refractivity contribution is -0.137. The first-order chi connectivity index (χ1) is 18.7. The molecule has 4 aromatic rings. The van der Waals surface area contributed by atoms with Crippen LogP contribution in [0.5, 0.6) is 5.75 Å². The average Bonchev–Trinajstić information content (AvgIpc) is 2.92. The van der Waals surface area contributed by atoms with Gasteiger partial charge in [-0.25, -0.2) is 5.43 Å². The molecule has 4 aromatic carbocycles. The van der Waals surface area contributed by atoms with Crippen molar-refractivity contribution in [2.75, 3.05) is 5.32 Å². The van der Waals surface area contributed by atoms with Crippen LogP contribution >= 0.6 is 15.9 Å². The third-order valence-electron chi connectivity index (χ3n) is 5.67. The third kappa shape index (κ3) is 7.90. The Morgan fingerprint density at radius 2 is 1.64 bits per heavy atom. The zero-order chi connectivity index (χ0) is 27.8. The second kappa shape index (κ2) is 12.6. The first kappa shape index (κ1) is 27.8. The molecule has 0 spiro atoms. The van der Waals surface area contributed by atoms with Crippen LogP contribution < -0.4 is 15.5 Å². The summed E-state index contributed by atoms with van der Waals surface area (Å²) in [5.41, 5.74) is 3.17. The first-order valence-corrected chi connectivity index (χ1v) is 12.7. The number of alkyl halides is 3. The number of nitrogens with one attached hydrogen (secondary N) is 2. The summed E-state index contributed by atoms with van der Waals surface area (Å²) in [5, 5.41) is 8.27. The van der Waals surface area contributed by atoms with Crippen LogP contribution in [0.2, 0.25) is 0 Å². The number of hydrogen-bond acceptors (Lipinski definition) is 4. The van der Waals surface area contributed by atoms with Gasteiger partial charge in [-0.15, -0.1) is 0 Å². The summed E-state index contributed by atoms with van der Waals surface area (Å²) in [6.07, 6.45) is -3.47. The van der Waals surface area contributed by atoms with Crippen molar-refractivity contribution in [3.63, 3.8) is 0 Å². The summed E-state index contributed by atoms with van der Waals surface area (Å²) in [6.45, 7) is 0.333. The Morgan fingerprint density at radius 3 is 2.41 bits per heavy atom. The Hall–Kier alpha value is -4.18. The Labute approximate surface area is 231 Å². The van der Waals surface area contributed by atoms with Crippen molar-refractivity contribution in [3.8, 4) is 5.75 Å². The van der Waals surface area contributed by atoms with E-state index in [-0.39, 0.29) is 18.5 Å². The van der Waals surface area contributed by atoms with Crippen LogP contribution in [0.25, 0.3) is 10.8 Å². The van der Waals surface area contributed by atoms with Gasteiger partial charge in [-0.05, 0) is 52.7 Å². The van der Waals surface area contributed by atoms with Crippen LogP contribution in [-0.4, -0.2) is 18.0 Å². The maximum Gasteiger partial charge on any atom is 0.416 e. The molecule has 0 atom stereocenters. The number of fused-ring (bicyclic) bond motifs is 1. The zero-order valence-electron chi connectivity index (χ0n) is 20.5. The van der Waals surface area contributed by atoms with Gasteiger partial charge in [-0.3, -0.25) is 9.59 Å². The Kier molecular flexibility index (Phi) is 8.98. The fourth-order valence-electron chi connectivity index (χ4n) is 3.72. The minimum atomic E-state index is -4.52. The van der Waals surface area contributed by atoms with Crippen LogP contribution in [0.15, 0.2) is 94.5 Å². The number of anilines is 1. The summed E-state index contributed by atoms with van der Waals surface area (Å²) in [5.74, 6) is -0.538. The smallest absolute Gasteiger partial charge is 0.416 e. The van der Waals surface area contributed by atoms with Gasteiger partial charge in [0.1, 0.15) is 12.4 Å². The lowest BCUT2D eigenvalue weighted by Crippen LogP contribution is -2.21. The van der Waals surface area contributed by atoms with E-state index in [1.165, 1.54) is 18.3 Å². The molecule has 0 fully saturated rings. The van der Waals surface area contributed by atoms with Crippen molar-refractivity contribution in [3.05, 3.63) is 106 Å². The highest BCUT2D eigenvalue weighted by atomic mass is 79.9. The third-order valence-corrected chi connectivity index (χ3v) is 6.20. The summed E-state index contributed by atoms with van der Waals surface area (Å²) >= 11 is 3.41. The van der Waals surface area contributed by atoms with Crippen molar-refractivity contribution in [2.24, 2.45) is 5.10 Å². The van der Waals surface area contributed by atoms with E-state index < -0.39 is 23.6 Å². The zero-order valence-corrected chi connectivity index (χ0v) is 22.1. The van der Waals surface area contributed by atoms with Gasteiger partial charge in [0.2, 0.25) is 11.8 Å². The molecule has 10 heteroatoms. The molecule has 0 heterocycles. The molecule has 0 radical (unpaired) electrons. The highest BCUT2D eigenvalue weighted by Gasteiger charge is 2.30. The highest BCUT2D eigenvalue weighted by Crippen LogP contribution is 2.31. The van der Waals surface area contributed by atoms with Crippen LogP contribution in [-0.2, 0) is 22.4 Å². The van der Waals surface area contributed by atoms with Crippen LogP contribution in [0.1, 0.15) is 29.5 Å². The standard InChI is InChI=1S/C29H23BrF3N3O3/c30-22-11-8-19(9-12-22)18-39-26-13-10-20-4-1-2-7-24(20)25(26)17-34-36-28(38)15-14-27(37)35-23-6-3-5-21(16-23)29(31,32)33/h1-13,16-17H,14-15,18H2,(H,35,37)(H,36,38). The van der Waals surface area contributed by atoms with Crippen LogP contribution in [0, 0.1) is 0 Å². The topological polar surface area (TPSA) is 79.8 Å². The molecule has 2 N–H and O–H groups in total. The summed E-state index contributed by atoms with van der Waals surface area (Å²) in [6, 6.07) is 23.5. The minimum Gasteiger partial charge on any atom is -0.488 e. The van der Waals surface area contributed by atoms with Gasteiger partial charge in [0.15, 0.2) is 0 Å². The molecule has 6 nitrogen and oxygen atoms in total. The van der Waals surface area contributed by atoms with E-state index in [9.17, 15) is 22.8 Å². The van der Waals surface area contributed by atoms with Gasteiger partial charge in [0.05, 0.1) is 11.8 Å². The van der Waals surface area contributed by atoms with Gasteiger partial charge in [-0.2, -0.15) is 18.3 Å². The number of carbonyl (C=O) groups excluding carboxylic acids is 2. The fourth-order valence-corrected chi connectivity index (χ4v) is 3.99. The molecular weight excluding hydrogens is 575 g/mol. The predicted molar refractivity (Wildman–Crippen MR) is 147 cm³/mol. The molecule has 0 bridgehead atoms. The minimum absolute atomic E-state index is 0.000114. The van der Waals surface area contributed by atoms with Gasteiger partial charge < -0.3 is 10.1 Å². The molecule has 0 aliphatic carbocycles. The number of benzene rings is 4. The molecule has 0 unspecified atom stereocenters. The van der Waals surface area contributed by atoms with E-state index in [0.717, 1.165) is 32.9 Å². The second-order valence-corrected chi connectivity index (χ2v) is 9.45. The quantitative estimate of drug-likeness (QED) is 0.160. The number of rotatable bonds is 9. The molecular formula is C29H23BrF3N3O3. The number of nitrogens with zero attached hydrogens (tertiary/aromatic N) is 1. The molecule has 0 aromatic heterocycles. The normalized spacial score (nSPS) is 11.5. The maximum absolute atomic E-state index is 12.9. The summed E-state index contributed by atoms with van der Waals surface area (Å²) in [4.78, 5) is 24.4. The van der Waals surface area contributed by atoms with Crippen molar-refractivity contribution < 1.29 is 27.5 Å². The van der Waals surface area contributed by atoms with E-state index in [1.54, 1.807) is 0 Å². The van der Waals surface area contributed by atoms with E-state index in [2.05, 4.69) is 31.8 Å². The Morgan fingerprint density at radius 1 is 0.897 bits per heavy atom. The van der Waals surface area contributed by atoms with Gasteiger partial charge in [0.25, 0.3) is 0 Å². The van der Waals surface area contributed by atoms with E-state index in [1.807, 2.05) is 60.7 Å². The predicted octanol–water partition coefficient (Wildman–Crippen LogP) is 7.07. The SMILES string of the molecule is O=C(CCC(=O)Nc1cccc(C(F)(F)F)c1)NN=Cc1c(OCc2ccc(Br)cc2)ccc2ccccc12. The molecule has 0 aliphatic rings. The number of amides is 2. The van der Waals surface area contributed by atoms with Gasteiger partial charge in [0, 0.05) is 28.6 Å². The maximum atomic E-state index is 12.9. The average molecular weight is 598 g/mol. The largest absolute Gasteiger partial charge is 0.488 e. The van der Waals surface area contributed by atoms with Gasteiger partial charge in [-0.1, -0.05) is 64.5 Å². The highest BCUT2D eigenvalue weighted by molar-refractivity contribution is 9.10. The number of hydrazone groups is 1. The number of ether oxygens (including phenoxy) is 1. The van der Waals surface area contributed by atoms with Crippen LogP contribution in [0.3, 0.4) is 0 Å². The second-order valence-electron chi connectivity index (χ2n) is 8.53. The first-order valence-electron chi connectivity index (χ1n) is 11.9. The number of hydrogen-bond donors (Lipinski definition) is 2.